The van der Waals surface area contributed by atoms with Gasteiger partial charge in [-0.15, -0.1) is 0 Å². The standard InChI is InChI=1S/C15H16O3/c1-18-13-9-5-8-12(10-13)15(17)14(16)11-6-3-2-4-7-11/h2-10,14-17H,1H3/t14-,15+/m0/s1. The van der Waals surface area contributed by atoms with Crippen molar-refractivity contribution in [1.29, 1.82) is 0 Å². The number of benzene rings is 2. The van der Waals surface area contributed by atoms with Crippen LogP contribution in [-0.4, -0.2) is 17.3 Å². The molecule has 3 heteroatoms. The first kappa shape index (κ1) is 12.6. The SMILES string of the molecule is COc1cccc([C@@H](O)[C@@H](O)c2ccccc2)c1. The van der Waals surface area contributed by atoms with Gasteiger partial charge >= 0.3 is 0 Å². The average molecular weight is 244 g/mol. The third-order valence-corrected chi connectivity index (χ3v) is 2.88. The first-order valence-electron chi connectivity index (χ1n) is 5.77. The molecule has 0 aliphatic heterocycles. The van der Waals surface area contributed by atoms with Crippen LogP contribution >= 0.6 is 0 Å². The summed E-state index contributed by atoms with van der Waals surface area (Å²) in [6.07, 6.45) is -1.92. The highest BCUT2D eigenvalue weighted by Gasteiger charge is 2.20. The molecule has 2 aromatic carbocycles. The smallest absolute Gasteiger partial charge is 0.119 e. The van der Waals surface area contributed by atoms with Crippen molar-refractivity contribution < 1.29 is 14.9 Å². The molecule has 0 heterocycles. The zero-order valence-corrected chi connectivity index (χ0v) is 10.2. The minimum Gasteiger partial charge on any atom is -0.497 e. The normalized spacial score (nSPS) is 13.9. The highest BCUT2D eigenvalue weighted by atomic mass is 16.5. The lowest BCUT2D eigenvalue weighted by atomic mass is 9.98. The van der Waals surface area contributed by atoms with Gasteiger partial charge in [0.25, 0.3) is 0 Å². The molecule has 0 aliphatic carbocycles. The van der Waals surface area contributed by atoms with Crippen LogP contribution in [0.5, 0.6) is 5.75 Å². The van der Waals surface area contributed by atoms with Crippen LogP contribution in [0, 0.1) is 0 Å². The van der Waals surface area contributed by atoms with Gasteiger partial charge in [-0.1, -0.05) is 42.5 Å². The Morgan fingerprint density at radius 1 is 0.833 bits per heavy atom. The second kappa shape index (κ2) is 5.67. The lowest BCUT2D eigenvalue weighted by Gasteiger charge is -2.19. The van der Waals surface area contributed by atoms with E-state index in [1.165, 1.54) is 0 Å². The van der Waals surface area contributed by atoms with E-state index in [2.05, 4.69) is 0 Å². The summed E-state index contributed by atoms with van der Waals surface area (Å²) in [5, 5.41) is 20.3. The van der Waals surface area contributed by atoms with Crippen molar-refractivity contribution in [3.05, 3.63) is 65.7 Å². The number of aliphatic hydroxyl groups is 2. The van der Waals surface area contributed by atoms with E-state index in [0.29, 0.717) is 16.9 Å². The average Bonchev–Trinajstić information content (AvgIpc) is 2.46. The molecular formula is C15H16O3. The minimum atomic E-state index is -0.970. The third kappa shape index (κ3) is 2.70. The van der Waals surface area contributed by atoms with Gasteiger partial charge in [0.05, 0.1) is 7.11 Å². The van der Waals surface area contributed by atoms with Crippen LogP contribution in [0.25, 0.3) is 0 Å². The van der Waals surface area contributed by atoms with Crippen LogP contribution < -0.4 is 4.74 Å². The Kier molecular flexibility index (Phi) is 3.97. The molecule has 2 atom stereocenters. The number of methoxy groups -OCH3 is 1. The van der Waals surface area contributed by atoms with Crippen LogP contribution in [0.3, 0.4) is 0 Å². The Bertz CT molecular complexity index is 496. The summed E-state index contributed by atoms with van der Waals surface area (Å²) in [6, 6.07) is 16.2. The van der Waals surface area contributed by atoms with Gasteiger partial charge in [0.2, 0.25) is 0 Å². The molecule has 0 radical (unpaired) electrons. The second-order valence-corrected chi connectivity index (χ2v) is 4.08. The van der Waals surface area contributed by atoms with Crippen LogP contribution in [0.4, 0.5) is 0 Å². The van der Waals surface area contributed by atoms with Crippen molar-refractivity contribution in [1.82, 2.24) is 0 Å². The summed E-state index contributed by atoms with van der Waals surface area (Å²) in [6.45, 7) is 0. The number of hydrogen-bond donors (Lipinski definition) is 2. The molecule has 2 rings (SSSR count). The number of aliphatic hydroxyl groups excluding tert-OH is 2. The Hall–Kier alpha value is -1.84. The van der Waals surface area contributed by atoms with Gasteiger partial charge in [-0.3, -0.25) is 0 Å². The van der Waals surface area contributed by atoms with Gasteiger partial charge in [0.15, 0.2) is 0 Å². The Labute approximate surface area is 106 Å². The van der Waals surface area contributed by atoms with Gasteiger partial charge in [-0.05, 0) is 23.3 Å². The summed E-state index contributed by atoms with van der Waals surface area (Å²) >= 11 is 0. The largest absolute Gasteiger partial charge is 0.497 e. The molecule has 0 aromatic heterocycles. The molecule has 0 amide bonds. The molecule has 3 nitrogen and oxygen atoms in total. The van der Waals surface area contributed by atoms with Crippen LogP contribution in [0.1, 0.15) is 23.3 Å². The lowest BCUT2D eigenvalue weighted by Crippen LogP contribution is -2.10. The topological polar surface area (TPSA) is 49.7 Å². The summed E-state index contributed by atoms with van der Waals surface area (Å²) in [7, 11) is 1.57. The van der Waals surface area contributed by atoms with Crippen LogP contribution in [0.15, 0.2) is 54.6 Å². The molecule has 2 aromatic rings. The van der Waals surface area contributed by atoms with E-state index in [1.807, 2.05) is 18.2 Å². The fourth-order valence-electron chi connectivity index (χ4n) is 1.84. The fraction of sp³-hybridized carbons (Fsp3) is 0.200. The fourth-order valence-corrected chi connectivity index (χ4v) is 1.84. The van der Waals surface area contributed by atoms with Crippen LogP contribution in [-0.2, 0) is 0 Å². The Morgan fingerprint density at radius 2 is 1.44 bits per heavy atom. The zero-order valence-electron chi connectivity index (χ0n) is 10.2. The van der Waals surface area contributed by atoms with Gasteiger partial charge in [-0.25, -0.2) is 0 Å². The molecule has 0 aliphatic rings. The lowest BCUT2D eigenvalue weighted by molar-refractivity contribution is 0.0171. The molecule has 0 fully saturated rings. The summed E-state index contributed by atoms with van der Waals surface area (Å²) < 4.78 is 5.10. The summed E-state index contributed by atoms with van der Waals surface area (Å²) in [5.74, 6) is 0.659. The number of hydrogen-bond acceptors (Lipinski definition) is 3. The van der Waals surface area contributed by atoms with E-state index in [1.54, 1.807) is 43.5 Å². The third-order valence-electron chi connectivity index (χ3n) is 2.88. The Balaban J connectivity index is 2.22. The number of rotatable bonds is 4. The van der Waals surface area contributed by atoms with E-state index in [4.69, 9.17) is 4.74 Å². The van der Waals surface area contributed by atoms with Gasteiger partial charge in [0, 0.05) is 0 Å². The highest BCUT2D eigenvalue weighted by molar-refractivity contribution is 5.31. The number of ether oxygens (including phenoxy) is 1. The molecule has 0 unspecified atom stereocenters. The van der Waals surface area contributed by atoms with Crippen molar-refractivity contribution in [2.75, 3.05) is 7.11 Å². The quantitative estimate of drug-likeness (QED) is 0.868. The highest BCUT2D eigenvalue weighted by Crippen LogP contribution is 2.30. The first-order chi connectivity index (χ1) is 8.72. The van der Waals surface area contributed by atoms with E-state index in [0.717, 1.165) is 0 Å². The minimum absolute atomic E-state index is 0.630. The second-order valence-electron chi connectivity index (χ2n) is 4.08. The summed E-state index contributed by atoms with van der Waals surface area (Å²) in [5.41, 5.74) is 1.32. The predicted molar refractivity (Wildman–Crippen MR) is 69.4 cm³/mol. The van der Waals surface area contributed by atoms with Crippen LogP contribution in [0.2, 0.25) is 0 Å². The van der Waals surface area contributed by atoms with E-state index >= 15 is 0 Å². The molecule has 18 heavy (non-hydrogen) atoms. The van der Waals surface area contributed by atoms with E-state index < -0.39 is 12.2 Å². The molecule has 0 saturated carbocycles. The van der Waals surface area contributed by atoms with E-state index in [9.17, 15) is 10.2 Å². The molecule has 2 N–H and O–H groups in total. The maximum Gasteiger partial charge on any atom is 0.119 e. The maximum absolute atomic E-state index is 10.2. The molecule has 0 saturated heterocycles. The first-order valence-corrected chi connectivity index (χ1v) is 5.77. The molecular weight excluding hydrogens is 228 g/mol. The van der Waals surface area contributed by atoms with Crippen molar-refractivity contribution in [3.8, 4) is 5.75 Å². The molecule has 0 spiro atoms. The van der Waals surface area contributed by atoms with Crippen molar-refractivity contribution >= 4 is 0 Å². The van der Waals surface area contributed by atoms with Gasteiger partial charge in [-0.2, -0.15) is 0 Å². The Morgan fingerprint density at radius 3 is 2.11 bits per heavy atom. The molecule has 0 bridgehead atoms. The summed E-state index contributed by atoms with van der Waals surface area (Å²) in [4.78, 5) is 0. The van der Waals surface area contributed by atoms with Crippen molar-refractivity contribution in [2.45, 2.75) is 12.2 Å². The molecule has 94 valence electrons. The van der Waals surface area contributed by atoms with Crippen molar-refractivity contribution in [2.24, 2.45) is 0 Å². The van der Waals surface area contributed by atoms with Crippen molar-refractivity contribution in [3.63, 3.8) is 0 Å². The van der Waals surface area contributed by atoms with Gasteiger partial charge in [0.1, 0.15) is 18.0 Å². The maximum atomic E-state index is 10.2. The van der Waals surface area contributed by atoms with Gasteiger partial charge < -0.3 is 14.9 Å². The van der Waals surface area contributed by atoms with E-state index in [-0.39, 0.29) is 0 Å². The predicted octanol–water partition coefficient (Wildman–Crippen LogP) is 2.46. The monoisotopic (exact) mass is 244 g/mol. The zero-order chi connectivity index (χ0) is 13.0.